The van der Waals surface area contributed by atoms with Gasteiger partial charge in [-0.25, -0.2) is 4.63 Å². The molecule has 2 heterocycles. The van der Waals surface area contributed by atoms with Gasteiger partial charge in [-0.3, -0.25) is 0 Å². The van der Waals surface area contributed by atoms with Gasteiger partial charge in [0.1, 0.15) is 0 Å². The summed E-state index contributed by atoms with van der Waals surface area (Å²) in [7, 11) is 0. The highest BCUT2D eigenvalue weighted by atomic mass is 32.2. The van der Waals surface area contributed by atoms with Crippen molar-refractivity contribution in [1.82, 2.24) is 20.5 Å². The lowest BCUT2D eigenvalue weighted by atomic mass is 10.4. The van der Waals surface area contributed by atoms with Gasteiger partial charge in [-0.2, -0.15) is 16.7 Å². The van der Waals surface area contributed by atoms with Crippen LogP contribution in [0.4, 0.5) is 5.82 Å². The van der Waals surface area contributed by atoms with Gasteiger partial charge < -0.3 is 10.3 Å². The standard InChI is InChI=1S/C8H11N5O2S/c1-4(2)16-3-5-10-8(14-11-5)6-7(9)13-15-12-6/h4H,3H2,1-2H3,(H2,9,13). The molecule has 0 amide bonds. The molecule has 2 rings (SSSR count). The van der Waals surface area contributed by atoms with Crippen molar-refractivity contribution in [3.05, 3.63) is 5.82 Å². The van der Waals surface area contributed by atoms with E-state index in [2.05, 4.69) is 38.9 Å². The van der Waals surface area contributed by atoms with E-state index in [1.807, 2.05) is 0 Å². The number of hydrogen-bond donors (Lipinski definition) is 1. The Hall–Kier alpha value is -1.57. The predicted octanol–water partition coefficient (Wildman–Crippen LogP) is 1.34. The lowest BCUT2D eigenvalue weighted by Crippen LogP contribution is -1.91. The minimum absolute atomic E-state index is 0.145. The molecule has 0 atom stereocenters. The maximum Gasteiger partial charge on any atom is 0.284 e. The molecule has 16 heavy (non-hydrogen) atoms. The van der Waals surface area contributed by atoms with Crippen LogP contribution in [0.25, 0.3) is 11.6 Å². The van der Waals surface area contributed by atoms with E-state index in [-0.39, 0.29) is 17.4 Å². The summed E-state index contributed by atoms with van der Waals surface area (Å²) < 4.78 is 9.45. The van der Waals surface area contributed by atoms with Gasteiger partial charge in [0.05, 0.1) is 5.75 Å². The number of nitrogens with two attached hydrogens (primary N) is 1. The Labute approximate surface area is 95.7 Å². The Balaban J connectivity index is 2.11. The number of rotatable bonds is 4. The highest BCUT2D eigenvalue weighted by molar-refractivity contribution is 7.99. The fourth-order valence-electron chi connectivity index (χ4n) is 0.994. The highest BCUT2D eigenvalue weighted by Crippen LogP contribution is 2.21. The van der Waals surface area contributed by atoms with Gasteiger partial charge in [0.2, 0.25) is 11.5 Å². The normalized spacial score (nSPS) is 11.2. The number of nitrogens with zero attached hydrogens (tertiary/aromatic N) is 4. The van der Waals surface area contributed by atoms with Crippen LogP contribution in [0.2, 0.25) is 0 Å². The molecule has 0 saturated carbocycles. The predicted molar refractivity (Wildman–Crippen MR) is 58.4 cm³/mol. The van der Waals surface area contributed by atoms with Crippen molar-refractivity contribution in [3.63, 3.8) is 0 Å². The quantitative estimate of drug-likeness (QED) is 0.855. The third-order valence-electron chi connectivity index (χ3n) is 1.73. The summed E-state index contributed by atoms with van der Waals surface area (Å²) >= 11 is 1.72. The number of aromatic nitrogens is 4. The summed E-state index contributed by atoms with van der Waals surface area (Å²) in [5.41, 5.74) is 5.79. The summed E-state index contributed by atoms with van der Waals surface area (Å²) in [5.74, 6) is 1.67. The first kappa shape index (κ1) is 10.9. The molecule has 7 nitrogen and oxygen atoms in total. The number of nitrogen functional groups attached to an aromatic ring is 1. The van der Waals surface area contributed by atoms with Crippen LogP contribution in [0.5, 0.6) is 0 Å². The number of anilines is 1. The Kier molecular flexibility index (Phi) is 3.09. The molecule has 2 N–H and O–H groups in total. The van der Waals surface area contributed by atoms with Gasteiger partial charge >= 0.3 is 0 Å². The monoisotopic (exact) mass is 241 g/mol. The van der Waals surface area contributed by atoms with Crippen molar-refractivity contribution in [2.45, 2.75) is 24.9 Å². The Morgan fingerprint density at radius 1 is 1.31 bits per heavy atom. The van der Waals surface area contributed by atoms with E-state index in [0.717, 1.165) is 0 Å². The molecule has 0 aliphatic carbocycles. The van der Waals surface area contributed by atoms with Crippen LogP contribution in [-0.4, -0.2) is 25.7 Å². The zero-order chi connectivity index (χ0) is 11.5. The largest absolute Gasteiger partial charge is 0.379 e. The van der Waals surface area contributed by atoms with Crippen molar-refractivity contribution < 1.29 is 9.15 Å². The van der Waals surface area contributed by atoms with Crippen LogP contribution < -0.4 is 5.73 Å². The first-order chi connectivity index (χ1) is 7.66. The SMILES string of the molecule is CC(C)SCc1noc(-c2nonc2N)n1. The molecule has 0 fully saturated rings. The van der Waals surface area contributed by atoms with Crippen LogP contribution in [0.15, 0.2) is 9.15 Å². The zero-order valence-electron chi connectivity index (χ0n) is 8.88. The summed E-state index contributed by atoms with van der Waals surface area (Å²) in [6, 6.07) is 0. The average molecular weight is 241 g/mol. The summed E-state index contributed by atoms with van der Waals surface area (Å²) in [6.07, 6.45) is 0. The van der Waals surface area contributed by atoms with E-state index in [0.29, 0.717) is 16.8 Å². The van der Waals surface area contributed by atoms with Crippen molar-refractivity contribution in [2.75, 3.05) is 5.73 Å². The Morgan fingerprint density at radius 2 is 2.12 bits per heavy atom. The maximum absolute atomic E-state index is 5.50. The molecule has 0 unspecified atom stereocenters. The lowest BCUT2D eigenvalue weighted by Gasteiger charge is -1.98. The van der Waals surface area contributed by atoms with Crippen LogP contribution in [0.1, 0.15) is 19.7 Å². The molecule has 0 aromatic carbocycles. The van der Waals surface area contributed by atoms with E-state index in [4.69, 9.17) is 10.3 Å². The minimum atomic E-state index is 0.145. The van der Waals surface area contributed by atoms with Gasteiger partial charge in [0.15, 0.2) is 5.82 Å². The van der Waals surface area contributed by atoms with Crippen molar-refractivity contribution in [2.24, 2.45) is 0 Å². The molecule has 0 radical (unpaired) electrons. The van der Waals surface area contributed by atoms with Crippen LogP contribution in [0, 0.1) is 0 Å². The molecule has 0 bridgehead atoms. The number of thioether (sulfide) groups is 1. The zero-order valence-corrected chi connectivity index (χ0v) is 9.69. The van der Waals surface area contributed by atoms with Crippen LogP contribution in [0.3, 0.4) is 0 Å². The Morgan fingerprint density at radius 3 is 2.75 bits per heavy atom. The van der Waals surface area contributed by atoms with E-state index >= 15 is 0 Å². The maximum atomic E-state index is 5.50. The van der Waals surface area contributed by atoms with E-state index in [9.17, 15) is 0 Å². The Bertz CT molecular complexity index is 466. The van der Waals surface area contributed by atoms with Crippen molar-refractivity contribution >= 4 is 17.6 Å². The minimum Gasteiger partial charge on any atom is -0.379 e. The lowest BCUT2D eigenvalue weighted by molar-refractivity contribution is 0.308. The molecule has 0 aliphatic heterocycles. The fraction of sp³-hybridized carbons (Fsp3) is 0.500. The topological polar surface area (TPSA) is 104 Å². The first-order valence-electron chi connectivity index (χ1n) is 4.69. The molecule has 2 aromatic heterocycles. The van der Waals surface area contributed by atoms with Crippen molar-refractivity contribution in [3.8, 4) is 11.6 Å². The molecular weight excluding hydrogens is 230 g/mol. The second-order valence-corrected chi connectivity index (χ2v) is 4.94. The van der Waals surface area contributed by atoms with E-state index in [1.165, 1.54) is 0 Å². The van der Waals surface area contributed by atoms with Crippen molar-refractivity contribution in [1.29, 1.82) is 0 Å². The smallest absolute Gasteiger partial charge is 0.284 e. The molecule has 0 spiro atoms. The number of hydrogen-bond acceptors (Lipinski definition) is 8. The molecule has 86 valence electrons. The van der Waals surface area contributed by atoms with Gasteiger partial charge in [-0.1, -0.05) is 19.0 Å². The van der Waals surface area contributed by atoms with E-state index < -0.39 is 0 Å². The van der Waals surface area contributed by atoms with Gasteiger partial charge in [-0.05, 0) is 15.6 Å². The summed E-state index contributed by atoms with van der Waals surface area (Å²) in [5, 5.41) is 11.3. The second kappa shape index (κ2) is 4.52. The molecule has 8 heteroatoms. The average Bonchev–Trinajstić information content (AvgIpc) is 2.83. The highest BCUT2D eigenvalue weighted by Gasteiger charge is 2.16. The van der Waals surface area contributed by atoms with Crippen LogP contribution >= 0.6 is 11.8 Å². The molecule has 2 aromatic rings. The van der Waals surface area contributed by atoms with Gasteiger partial charge in [0.25, 0.3) is 5.89 Å². The third kappa shape index (κ3) is 2.32. The third-order valence-corrected chi connectivity index (χ3v) is 2.82. The van der Waals surface area contributed by atoms with Gasteiger partial charge in [-0.15, -0.1) is 0 Å². The molecule has 0 aliphatic rings. The second-order valence-electron chi connectivity index (χ2n) is 3.37. The van der Waals surface area contributed by atoms with Gasteiger partial charge in [0, 0.05) is 0 Å². The summed E-state index contributed by atoms with van der Waals surface area (Å²) in [6.45, 7) is 4.20. The first-order valence-corrected chi connectivity index (χ1v) is 5.74. The van der Waals surface area contributed by atoms with Crippen LogP contribution in [-0.2, 0) is 5.75 Å². The molecular formula is C8H11N5O2S. The summed E-state index contributed by atoms with van der Waals surface area (Å²) in [4.78, 5) is 4.14. The molecule has 0 saturated heterocycles. The van der Waals surface area contributed by atoms with E-state index in [1.54, 1.807) is 11.8 Å². The fourth-order valence-corrected chi connectivity index (χ4v) is 1.59.